The summed E-state index contributed by atoms with van der Waals surface area (Å²) in [6.07, 6.45) is 2.10. The first-order chi connectivity index (χ1) is 13.1. The van der Waals surface area contributed by atoms with Crippen LogP contribution >= 0.6 is 0 Å². The molecule has 3 nitrogen and oxygen atoms in total. The van der Waals surface area contributed by atoms with Crippen molar-refractivity contribution in [2.75, 3.05) is 19.8 Å². The molecule has 146 valence electrons. The van der Waals surface area contributed by atoms with Gasteiger partial charge in [0.05, 0.1) is 13.2 Å². The molecule has 1 atom stereocenters. The number of halogens is 2. The van der Waals surface area contributed by atoms with Gasteiger partial charge in [-0.15, -0.1) is 0 Å². The van der Waals surface area contributed by atoms with E-state index in [4.69, 9.17) is 13.9 Å². The summed E-state index contributed by atoms with van der Waals surface area (Å²) in [5.41, 5.74) is 0. The molecule has 1 heterocycles. The average Bonchev–Trinajstić information content (AvgIpc) is 2.70. The van der Waals surface area contributed by atoms with E-state index in [0.29, 0.717) is 6.61 Å². The maximum Gasteiger partial charge on any atom is 0.271 e. The third-order valence-electron chi connectivity index (χ3n) is 4.58. The standard InChI is InChI=1S/C21H26F2O3Si/c22-21(23,14-16-25-20-13-7-8-15-24-20)17-26-27(18-9-3-1-4-10-18)19-11-5-2-6-12-19/h1-6,9-12,20,27H,7-8,13-17H2. The maximum absolute atomic E-state index is 14.3. The van der Waals surface area contributed by atoms with Gasteiger partial charge in [0.2, 0.25) is 9.04 Å². The summed E-state index contributed by atoms with van der Waals surface area (Å²) in [5.74, 6) is -2.93. The first-order valence-corrected chi connectivity index (χ1v) is 11.1. The van der Waals surface area contributed by atoms with E-state index in [1.54, 1.807) is 0 Å². The third kappa shape index (κ3) is 6.50. The van der Waals surface area contributed by atoms with Crippen LogP contribution in [0.5, 0.6) is 0 Å². The Labute approximate surface area is 161 Å². The van der Waals surface area contributed by atoms with Crippen molar-refractivity contribution in [1.29, 1.82) is 0 Å². The van der Waals surface area contributed by atoms with Crippen LogP contribution in [0.15, 0.2) is 60.7 Å². The van der Waals surface area contributed by atoms with Crippen LogP contribution in [-0.4, -0.2) is 41.1 Å². The molecule has 3 rings (SSSR count). The van der Waals surface area contributed by atoms with E-state index in [1.807, 2.05) is 60.7 Å². The minimum atomic E-state index is -2.93. The van der Waals surface area contributed by atoms with Crippen molar-refractivity contribution in [3.05, 3.63) is 60.7 Å². The van der Waals surface area contributed by atoms with Crippen molar-refractivity contribution < 1.29 is 22.7 Å². The first-order valence-electron chi connectivity index (χ1n) is 9.47. The van der Waals surface area contributed by atoms with Gasteiger partial charge in [-0.1, -0.05) is 60.7 Å². The highest BCUT2D eigenvalue weighted by atomic mass is 28.3. The average molecular weight is 393 g/mol. The Bertz CT molecular complexity index is 624. The minimum Gasteiger partial charge on any atom is -0.405 e. The van der Waals surface area contributed by atoms with Crippen molar-refractivity contribution in [3.8, 4) is 0 Å². The third-order valence-corrected chi connectivity index (χ3v) is 7.06. The molecule has 1 aliphatic rings. The van der Waals surface area contributed by atoms with Gasteiger partial charge in [-0.2, -0.15) is 0 Å². The fourth-order valence-electron chi connectivity index (χ4n) is 3.10. The molecule has 1 saturated heterocycles. The van der Waals surface area contributed by atoms with Crippen LogP contribution in [0.25, 0.3) is 0 Å². The topological polar surface area (TPSA) is 27.7 Å². The van der Waals surface area contributed by atoms with Crippen molar-refractivity contribution in [2.24, 2.45) is 0 Å². The highest BCUT2D eigenvalue weighted by Crippen LogP contribution is 2.21. The van der Waals surface area contributed by atoms with Gasteiger partial charge in [-0.3, -0.25) is 0 Å². The van der Waals surface area contributed by atoms with E-state index in [2.05, 4.69) is 0 Å². The molecule has 0 amide bonds. The molecule has 27 heavy (non-hydrogen) atoms. The van der Waals surface area contributed by atoms with Gasteiger partial charge in [0.1, 0.15) is 0 Å². The maximum atomic E-state index is 14.3. The second-order valence-corrected chi connectivity index (χ2v) is 9.21. The lowest BCUT2D eigenvalue weighted by Crippen LogP contribution is -2.47. The van der Waals surface area contributed by atoms with Crippen molar-refractivity contribution in [2.45, 2.75) is 37.9 Å². The molecular formula is C21H26F2O3Si. The SMILES string of the molecule is FC(F)(CCOC1CCCCO1)CO[SiH](c1ccccc1)c1ccccc1. The Morgan fingerprint density at radius 3 is 2.15 bits per heavy atom. The molecule has 1 aliphatic heterocycles. The van der Waals surface area contributed by atoms with Gasteiger partial charge >= 0.3 is 0 Å². The Kier molecular flexibility index (Phi) is 7.52. The fraction of sp³-hybridized carbons (Fsp3) is 0.429. The van der Waals surface area contributed by atoms with E-state index < -0.39 is 21.6 Å². The Hall–Kier alpha value is -1.60. The summed E-state index contributed by atoms with van der Waals surface area (Å²) in [7, 11) is -2.16. The molecular weight excluding hydrogens is 366 g/mol. The number of benzene rings is 2. The monoisotopic (exact) mass is 392 g/mol. The zero-order valence-electron chi connectivity index (χ0n) is 15.4. The molecule has 2 aromatic carbocycles. The van der Waals surface area contributed by atoms with E-state index in [9.17, 15) is 8.78 Å². The number of ether oxygens (including phenoxy) is 2. The van der Waals surface area contributed by atoms with Crippen LogP contribution in [0.4, 0.5) is 8.78 Å². The Morgan fingerprint density at radius 1 is 0.963 bits per heavy atom. The number of hydrogen-bond acceptors (Lipinski definition) is 3. The predicted molar refractivity (Wildman–Crippen MR) is 104 cm³/mol. The number of alkyl halides is 2. The van der Waals surface area contributed by atoms with E-state index >= 15 is 0 Å². The van der Waals surface area contributed by atoms with Crippen LogP contribution in [-0.2, 0) is 13.9 Å². The molecule has 0 N–H and O–H groups in total. The quantitative estimate of drug-likeness (QED) is 0.614. The molecule has 0 spiro atoms. The Balaban J connectivity index is 1.55. The predicted octanol–water partition coefficient (Wildman–Crippen LogP) is 3.11. The van der Waals surface area contributed by atoms with E-state index in [0.717, 1.165) is 29.6 Å². The number of rotatable bonds is 9. The smallest absolute Gasteiger partial charge is 0.271 e. The van der Waals surface area contributed by atoms with E-state index in [1.165, 1.54) is 0 Å². The largest absolute Gasteiger partial charge is 0.405 e. The lowest BCUT2D eigenvalue weighted by atomic mass is 10.2. The normalized spacial score (nSPS) is 18.0. The first kappa shape index (κ1) is 20.1. The summed E-state index contributed by atoms with van der Waals surface area (Å²) in [6.45, 7) is 0.0259. The van der Waals surface area contributed by atoms with Gasteiger partial charge in [0, 0.05) is 13.0 Å². The minimum absolute atomic E-state index is 0.0239. The highest BCUT2D eigenvalue weighted by Gasteiger charge is 2.32. The van der Waals surface area contributed by atoms with Crippen molar-refractivity contribution in [1.82, 2.24) is 0 Å². The van der Waals surface area contributed by atoms with Crippen molar-refractivity contribution in [3.63, 3.8) is 0 Å². The van der Waals surface area contributed by atoms with Gasteiger partial charge in [0.25, 0.3) is 5.92 Å². The lowest BCUT2D eigenvalue weighted by molar-refractivity contribution is -0.174. The summed E-state index contributed by atoms with van der Waals surface area (Å²) < 4.78 is 45.4. The summed E-state index contributed by atoms with van der Waals surface area (Å²) in [6, 6.07) is 19.3. The van der Waals surface area contributed by atoms with Gasteiger partial charge in [-0.25, -0.2) is 8.78 Å². The fourth-order valence-corrected chi connectivity index (χ4v) is 5.42. The second kappa shape index (κ2) is 10.1. The molecule has 0 radical (unpaired) electrons. The van der Waals surface area contributed by atoms with Crippen molar-refractivity contribution >= 4 is 19.4 Å². The van der Waals surface area contributed by atoms with Crippen LogP contribution in [0.1, 0.15) is 25.7 Å². The zero-order chi connectivity index (χ0) is 19.0. The molecule has 1 fully saturated rings. The highest BCUT2D eigenvalue weighted by molar-refractivity contribution is 6.80. The van der Waals surface area contributed by atoms with Crippen LogP contribution in [0.2, 0.25) is 0 Å². The summed E-state index contributed by atoms with van der Waals surface area (Å²) in [5, 5.41) is 1.98. The van der Waals surface area contributed by atoms with Crippen LogP contribution in [0, 0.1) is 0 Å². The molecule has 0 saturated carbocycles. The Morgan fingerprint density at radius 2 is 1.59 bits per heavy atom. The molecule has 0 bridgehead atoms. The zero-order valence-corrected chi connectivity index (χ0v) is 16.5. The molecule has 0 aromatic heterocycles. The summed E-state index contributed by atoms with van der Waals surface area (Å²) >= 11 is 0. The summed E-state index contributed by atoms with van der Waals surface area (Å²) in [4.78, 5) is 0. The molecule has 0 aliphatic carbocycles. The molecule has 6 heteroatoms. The molecule has 1 unspecified atom stereocenters. The molecule has 2 aromatic rings. The van der Waals surface area contributed by atoms with Gasteiger partial charge in [0.15, 0.2) is 6.29 Å². The number of hydrogen-bond donors (Lipinski definition) is 0. The lowest BCUT2D eigenvalue weighted by Gasteiger charge is -2.25. The van der Waals surface area contributed by atoms with Gasteiger partial charge in [-0.05, 0) is 29.6 Å². The van der Waals surface area contributed by atoms with Gasteiger partial charge < -0.3 is 13.9 Å². The van der Waals surface area contributed by atoms with Crippen LogP contribution < -0.4 is 10.4 Å². The van der Waals surface area contributed by atoms with E-state index in [-0.39, 0.29) is 19.3 Å². The van der Waals surface area contributed by atoms with Crippen LogP contribution in [0.3, 0.4) is 0 Å². The second-order valence-electron chi connectivity index (χ2n) is 6.79.